The van der Waals surface area contributed by atoms with Gasteiger partial charge in [0, 0.05) is 25.1 Å². The Kier molecular flexibility index (Phi) is 6.87. The topological polar surface area (TPSA) is 94.1 Å². The number of rotatable bonds is 9. The fraction of sp³-hybridized carbons (Fsp3) is 0.632. The highest BCUT2D eigenvalue weighted by atomic mass is 16.5. The number of Topliss-reactive ketones (excluding diaryl/α,β-unsaturated/α-hetero) is 1. The third-order valence-electron chi connectivity index (χ3n) is 4.61. The fourth-order valence-electron chi connectivity index (χ4n) is 3.29. The van der Waals surface area contributed by atoms with E-state index in [-0.39, 0.29) is 24.2 Å². The van der Waals surface area contributed by atoms with Gasteiger partial charge in [-0.25, -0.2) is 0 Å². The third kappa shape index (κ3) is 4.81. The van der Waals surface area contributed by atoms with Crippen LogP contribution in [0.1, 0.15) is 80.0 Å². The van der Waals surface area contributed by atoms with Gasteiger partial charge in [-0.1, -0.05) is 12.1 Å². The van der Waals surface area contributed by atoms with E-state index in [9.17, 15) is 9.59 Å². The van der Waals surface area contributed by atoms with Gasteiger partial charge in [-0.2, -0.15) is 10.1 Å². The van der Waals surface area contributed by atoms with Crippen LogP contribution in [0.2, 0.25) is 0 Å². The second-order valence-corrected chi connectivity index (χ2v) is 6.86. The van der Waals surface area contributed by atoms with E-state index in [1.165, 1.54) is 6.92 Å². The van der Waals surface area contributed by atoms with Gasteiger partial charge in [0.15, 0.2) is 11.6 Å². The molecule has 0 aromatic carbocycles. The summed E-state index contributed by atoms with van der Waals surface area (Å²) in [6, 6.07) is -0.153. The molecule has 148 valence electrons. The molecule has 27 heavy (non-hydrogen) atoms. The molecule has 0 saturated heterocycles. The first-order valence-electron chi connectivity index (χ1n) is 9.44. The summed E-state index contributed by atoms with van der Waals surface area (Å²) >= 11 is 0. The monoisotopic (exact) mass is 375 g/mol. The molecule has 0 bridgehead atoms. The lowest BCUT2D eigenvalue weighted by molar-refractivity contribution is -0.132. The zero-order valence-corrected chi connectivity index (χ0v) is 17.1. The molecule has 8 heteroatoms. The summed E-state index contributed by atoms with van der Waals surface area (Å²) in [7, 11) is 0. The third-order valence-corrected chi connectivity index (χ3v) is 4.61. The Morgan fingerprint density at radius 3 is 2.52 bits per heavy atom. The van der Waals surface area contributed by atoms with Gasteiger partial charge in [0.2, 0.25) is 11.8 Å². The maximum absolute atomic E-state index is 12.8. The van der Waals surface area contributed by atoms with Crippen LogP contribution in [0.5, 0.6) is 0 Å². The summed E-state index contributed by atoms with van der Waals surface area (Å²) in [5.74, 6) is 1.10. The predicted molar refractivity (Wildman–Crippen MR) is 100 cm³/mol. The van der Waals surface area contributed by atoms with Gasteiger partial charge in [0.1, 0.15) is 0 Å². The lowest BCUT2D eigenvalue weighted by Crippen LogP contribution is -2.32. The van der Waals surface area contributed by atoms with Gasteiger partial charge in [0.05, 0.1) is 23.8 Å². The molecular formula is C19H29N5O3. The van der Waals surface area contributed by atoms with Gasteiger partial charge < -0.3 is 9.42 Å². The molecule has 2 rings (SSSR count). The highest BCUT2D eigenvalue weighted by molar-refractivity contribution is 5.96. The zero-order chi connectivity index (χ0) is 20.1. The van der Waals surface area contributed by atoms with E-state index in [1.807, 2.05) is 34.6 Å². The number of carbonyl (C=O) groups excluding carboxylic acids is 2. The molecule has 0 aliphatic rings. The van der Waals surface area contributed by atoms with Crippen LogP contribution in [-0.4, -0.2) is 43.1 Å². The Hall–Kier alpha value is -2.51. The second-order valence-electron chi connectivity index (χ2n) is 6.86. The first-order chi connectivity index (χ1) is 12.8. The average molecular weight is 375 g/mol. The molecule has 8 nitrogen and oxygen atoms in total. The summed E-state index contributed by atoms with van der Waals surface area (Å²) in [5.41, 5.74) is 2.13. The predicted octanol–water partition coefficient (Wildman–Crippen LogP) is 3.04. The summed E-state index contributed by atoms with van der Waals surface area (Å²) < 4.78 is 6.96. The molecule has 0 aliphatic heterocycles. The van der Waals surface area contributed by atoms with Crippen LogP contribution in [0, 0.1) is 13.8 Å². The summed E-state index contributed by atoms with van der Waals surface area (Å²) in [5, 5.41) is 8.42. The molecule has 0 saturated carbocycles. The number of aryl methyl sites for hydroxylation is 2. The minimum absolute atomic E-state index is 0.00930. The second kappa shape index (κ2) is 8.92. The molecule has 1 amide bonds. The van der Waals surface area contributed by atoms with E-state index >= 15 is 0 Å². The summed E-state index contributed by atoms with van der Waals surface area (Å²) in [6.07, 6.45) is 1.95. The van der Waals surface area contributed by atoms with Crippen molar-refractivity contribution in [1.82, 2.24) is 24.8 Å². The number of carbonyl (C=O) groups is 2. The largest absolute Gasteiger partial charge is 0.339 e. The molecule has 0 fully saturated rings. The number of hydrogen-bond acceptors (Lipinski definition) is 6. The Morgan fingerprint density at radius 2 is 1.96 bits per heavy atom. The van der Waals surface area contributed by atoms with Crippen molar-refractivity contribution in [2.75, 3.05) is 6.54 Å². The number of ketones is 1. The molecule has 0 unspecified atom stereocenters. The highest BCUT2D eigenvalue weighted by Gasteiger charge is 2.23. The van der Waals surface area contributed by atoms with Crippen molar-refractivity contribution in [1.29, 1.82) is 0 Å². The van der Waals surface area contributed by atoms with E-state index < -0.39 is 0 Å². The quantitative estimate of drug-likeness (QED) is 0.625. The van der Waals surface area contributed by atoms with Crippen molar-refractivity contribution in [3.05, 3.63) is 28.7 Å². The molecule has 1 atom stereocenters. The van der Waals surface area contributed by atoms with Gasteiger partial charge in [0.25, 0.3) is 0 Å². The van der Waals surface area contributed by atoms with Crippen LogP contribution in [0.25, 0.3) is 0 Å². The molecule has 0 N–H and O–H groups in total. The van der Waals surface area contributed by atoms with Crippen LogP contribution in [0.3, 0.4) is 0 Å². The van der Waals surface area contributed by atoms with Crippen LogP contribution >= 0.6 is 0 Å². The minimum Gasteiger partial charge on any atom is -0.339 e. The van der Waals surface area contributed by atoms with Gasteiger partial charge in [-0.15, -0.1) is 0 Å². The molecular weight excluding hydrogens is 346 g/mol. The summed E-state index contributed by atoms with van der Waals surface area (Å²) in [6.45, 7) is 12.0. The Bertz CT molecular complexity index is 808. The molecule has 0 spiro atoms. The highest BCUT2D eigenvalue weighted by Crippen LogP contribution is 2.21. The van der Waals surface area contributed by atoms with Crippen LogP contribution in [-0.2, 0) is 17.8 Å². The van der Waals surface area contributed by atoms with Crippen LogP contribution < -0.4 is 0 Å². The maximum Gasteiger partial charge on any atom is 0.226 e. The van der Waals surface area contributed by atoms with E-state index in [2.05, 4.69) is 15.2 Å². The fourth-order valence-corrected chi connectivity index (χ4v) is 3.29. The molecule has 2 heterocycles. The van der Waals surface area contributed by atoms with Crippen LogP contribution in [0.15, 0.2) is 4.52 Å². The van der Waals surface area contributed by atoms with Gasteiger partial charge >= 0.3 is 0 Å². The van der Waals surface area contributed by atoms with E-state index in [4.69, 9.17) is 4.52 Å². The summed E-state index contributed by atoms with van der Waals surface area (Å²) in [4.78, 5) is 30.6. The van der Waals surface area contributed by atoms with Crippen molar-refractivity contribution in [3.63, 3.8) is 0 Å². The first kappa shape index (κ1) is 20.8. The van der Waals surface area contributed by atoms with E-state index in [1.54, 1.807) is 9.58 Å². The van der Waals surface area contributed by atoms with Crippen molar-refractivity contribution < 1.29 is 14.1 Å². The van der Waals surface area contributed by atoms with E-state index in [0.717, 1.165) is 18.5 Å². The Balaban J connectivity index is 2.07. The first-order valence-corrected chi connectivity index (χ1v) is 9.44. The SMILES string of the molecule is CCCc1nc(CN(CC)C(=O)C[C@H](C)n2nc(C)c(C(C)=O)c2C)no1. The number of aromatic nitrogens is 4. The minimum atomic E-state index is -0.153. The number of amides is 1. The normalized spacial score (nSPS) is 12.2. The standard InChI is InChI=1S/C19H29N5O3/c1-7-9-17-20-16(22-27-17)11-23(8-2)18(26)10-12(3)24-14(5)19(15(6)25)13(4)21-24/h12H,7-11H2,1-6H3/t12-/m0/s1. The van der Waals surface area contributed by atoms with Crippen molar-refractivity contribution in [3.8, 4) is 0 Å². The smallest absolute Gasteiger partial charge is 0.226 e. The molecule has 0 aliphatic carbocycles. The Labute approximate surface area is 159 Å². The molecule has 0 radical (unpaired) electrons. The van der Waals surface area contributed by atoms with Crippen molar-refractivity contribution in [2.24, 2.45) is 0 Å². The average Bonchev–Trinajstić information content (AvgIpc) is 3.16. The number of nitrogens with zero attached hydrogens (tertiary/aromatic N) is 5. The molecule has 2 aromatic rings. The molecule has 2 aromatic heterocycles. The van der Waals surface area contributed by atoms with Crippen molar-refractivity contribution >= 4 is 11.7 Å². The number of hydrogen-bond donors (Lipinski definition) is 0. The zero-order valence-electron chi connectivity index (χ0n) is 17.1. The Morgan fingerprint density at radius 1 is 1.26 bits per heavy atom. The lowest BCUT2D eigenvalue weighted by Gasteiger charge is -2.22. The van der Waals surface area contributed by atoms with Gasteiger partial charge in [-0.3, -0.25) is 14.3 Å². The van der Waals surface area contributed by atoms with Gasteiger partial charge in [-0.05, 0) is 41.0 Å². The maximum atomic E-state index is 12.8. The van der Waals surface area contributed by atoms with Crippen LogP contribution in [0.4, 0.5) is 0 Å². The lowest BCUT2D eigenvalue weighted by atomic mass is 10.1. The van der Waals surface area contributed by atoms with Crippen molar-refractivity contribution in [2.45, 2.75) is 73.4 Å². The van der Waals surface area contributed by atoms with E-state index in [0.29, 0.717) is 36.1 Å².